The molecule has 7 heteroatoms. The average molecular weight is 387 g/mol. The third-order valence-electron chi connectivity index (χ3n) is 4.74. The molecule has 4 rings (SSSR count). The van der Waals surface area contributed by atoms with Crippen LogP contribution in [0.15, 0.2) is 59.4 Å². The van der Waals surface area contributed by atoms with Gasteiger partial charge in [-0.25, -0.2) is 9.48 Å². The second-order valence-electron chi connectivity index (χ2n) is 7.12. The van der Waals surface area contributed by atoms with Crippen molar-refractivity contribution in [2.45, 2.75) is 27.3 Å². The van der Waals surface area contributed by atoms with Crippen molar-refractivity contribution in [3.63, 3.8) is 0 Å². The van der Waals surface area contributed by atoms with Gasteiger partial charge in [0.25, 0.3) is 0 Å². The number of anilines is 1. The second kappa shape index (κ2) is 7.35. The molecule has 0 fully saturated rings. The Bertz CT molecular complexity index is 1250. The van der Waals surface area contributed by atoms with E-state index in [9.17, 15) is 9.59 Å². The van der Waals surface area contributed by atoms with E-state index in [1.54, 1.807) is 12.1 Å². The average Bonchev–Trinajstić information content (AvgIpc) is 3.00. The Morgan fingerprint density at radius 3 is 2.34 bits per heavy atom. The minimum absolute atomic E-state index is 0.185. The number of amides is 1. The fraction of sp³-hybridized carbons (Fsp3) is 0.182. The van der Waals surface area contributed by atoms with Crippen LogP contribution in [0.3, 0.4) is 0 Å². The van der Waals surface area contributed by atoms with Gasteiger partial charge in [0, 0.05) is 11.3 Å². The first kappa shape index (κ1) is 18.6. The molecule has 4 aromatic rings. The van der Waals surface area contributed by atoms with Gasteiger partial charge in [-0.2, -0.15) is 9.61 Å². The number of fused-ring (bicyclic) bond motifs is 1. The number of benzene rings is 2. The highest BCUT2D eigenvalue weighted by Crippen LogP contribution is 2.22. The van der Waals surface area contributed by atoms with Crippen molar-refractivity contribution in [1.82, 2.24) is 19.4 Å². The van der Waals surface area contributed by atoms with Crippen molar-refractivity contribution in [3.8, 4) is 11.3 Å². The van der Waals surface area contributed by atoms with Crippen molar-refractivity contribution in [2.24, 2.45) is 0 Å². The van der Waals surface area contributed by atoms with E-state index in [-0.39, 0.29) is 12.5 Å². The quantitative estimate of drug-likeness (QED) is 0.583. The molecule has 0 bridgehead atoms. The summed E-state index contributed by atoms with van der Waals surface area (Å²) >= 11 is 0. The molecule has 0 atom stereocenters. The van der Waals surface area contributed by atoms with Crippen LogP contribution in [-0.2, 0) is 11.3 Å². The van der Waals surface area contributed by atoms with Gasteiger partial charge in [0.15, 0.2) is 5.65 Å². The first-order valence-electron chi connectivity index (χ1n) is 9.32. The van der Waals surface area contributed by atoms with Gasteiger partial charge in [0.05, 0.1) is 5.69 Å². The molecular formula is C22H21N5O2. The molecule has 0 aliphatic rings. The SMILES string of the molecule is Cc1cc(C)c(NC(=O)Cn2nc3ccc(-c4ccccc4)nn3c2=O)c(C)c1. The minimum atomic E-state index is -0.453. The first-order chi connectivity index (χ1) is 13.9. The molecule has 2 heterocycles. The minimum Gasteiger partial charge on any atom is -0.324 e. The number of nitrogens with zero attached hydrogens (tertiary/aromatic N) is 4. The Balaban J connectivity index is 1.61. The van der Waals surface area contributed by atoms with Crippen molar-refractivity contribution < 1.29 is 4.79 Å². The molecule has 1 amide bonds. The summed E-state index contributed by atoms with van der Waals surface area (Å²) in [5, 5.41) is 11.5. The maximum Gasteiger partial charge on any atom is 0.367 e. The largest absolute Gasteiger partial charge is 0.367 e. The fourth-order valence-corrected chi connectivity index (χ4v) is 3.47. The van der Waals surface area contributed by atoms with Gasteiger partial charge >= 0.3 is 5.69 Å². The number of hydrogen-bond acceptors (Lipinski definition) is 4. The Labute approximate surface area is 167 Å². The highest BCUT2D eigenvalue weighted by Gasteiger charge is 2.14. The van der Waals surface area contributed by atoms with Gasteiger partial charge in [-0.1, -0.05) is 48.0 Å². The number of aryl methyl sites for hydroxylation is 3. The van der Waals surface area contributed by atoms with Crippen LogP contribution >= 0.6 is 0 Å². The molecule has 29 heavy (non-hydrogen) atoms. The molecule has 2 aromatic heterocycles. The topological polar surface area (TPSA) is 81.3 Å². The molecule has 7 nitrogen and oxygen atoms in total. The van der Waals surface area contributed by atoms with E-state index in [1.807, 2.05) is 63.2 Å². The number of aromatic nitrogens is 4. The lowest BCUT2D eigenvalue weighted by Gasteiger charge is -2.12. The van der Waals surface area contributed by atoms with E-state index in [0.29, 0.717) is 11.3 Å². The summed E-state index contributed by atoms with van der Waals surface area (Å²) in [4.78, 5) is 25.2. The Hall–Kier alpha value is -3.74. The molecule has 0 saturated carbocycles. The van der Waals surface area contributed by atoms with Gasteiger partial charge in [-0.05, 0) is 44.0 Å². The van der Waals surface area contributed by atoms with Crippen molar-refractivity contribution in [3.05, 3.63) is 81.8 Å². The van der Waals surface area contributed by atoms with Crippen molar-refractivity contribution in [1.29, 1.82) is 0 Å². The summed E-state index contributed by atoms with van der Waals surface area (Å²) < 4.78 is 2.35. The molecule has 146 valence electrons. The van der Waals surface area contributed by atoms with Gasteiger partial charge < -0.3 is 5.32 Å². The molecule has 0 aliphatic carbocycles. The van der Waals surface area contributed by atoms with Crippen LogP contribution in [0.4, 0.5) is 5.69 Å². The molecular weight excluding hydrogens is 366 g/mol. The van der Waals surface area contributed by atoms with E-state index in [2.05, 4.69) is 15.5 Å². The predicted octanol–water partition coefficient (Wildman–Crippen LogP) is 3.12. The second-order valence-corrected chi connectivity index (χ2v) is 7.12. The maximum absolute atomic E-state index is 12.7. The van der Waals surface area contributed by atoms with Crippen LogP contribution in [0, 0.1) is 20.8 Å². The predicted molar refractivity (Wildman–Crippen MR) is 112 cm³/mol. The zero-order valence-electron chi connectivity index (χ0n) is 16.5. The molecule has 0 spiro atoms. The van der Waals surface area contributed by atoms with Gasteiger partial charge in [0.2, 0.25) is 5.91 Å². The van der Waals surface area contributed by atoms with E-state index >= 15 is 0 Å². The highest BCUT2D eigenvalue weighted by molar-refractivity contribution is 5.92. The van der Waals surface area contributed by atoms with Crippen LogP contribution in [-0.4, -0.2) is 25.3 Å². The zero-order chi connectivity index (χ0) is 20.5. The Morgan fingerprint density at radius 1 is 0.966 bits per heavy atom. The Kier molecular flexibility index (Phi) is 4.72. The maximum atomic E-state index is 12.7. The van der Waals surface area contributed by atoms with Crippen LogP contribution in [0.5, 0.6) is 0 Å². The summed E-state index contributed by atoms with van der Waals surface area (Å²) in [5.41, 5.74) is 5.36. The smallest absolute Gasteiger partial charge is 0.324 e. The standard InChI is InChI=1S/C22H21N5O2/c1-14-11-15(2)21(16(3)12-14)23-20(28)13-26-22(29)27-19(25-26)10-9-18(24-27)17-7-5-4-6-8-17/h4-12H,13H2,1-3H3,(H,23,28). The van der Waals surface area contributed by atoms with Gasteiger partial charge in [0.1, 0.15) is 6.54 Å². The summed E-state index contributed by atoms with van der Waals surface area (Å²) in [6, 6.07) is 17.1. The number of nitrogens with one attached hydrogen (secondary N) is 1. The monoisotopic (exact) mass is 387 g/mol. The molecule has 0 radical (unpaired) electrons. The number of carbonyl (C=O) groups excluding carboxylic acids is 1. The van der Waals surface area contributed by atoms with E-state index in [4.69, 9.17) is 0 Å². The summed E-state index contributed by atoms with van der Waals surface area (Å²) in [6.07, 6.45) is 0. The molecule has 0 saturated heterocycles. The fourth-order valence-electron chi connectivity index (χ4n) is 3.47. The van der Waals surface area contributed by atoms with Crippen LogP contribution in [0.25, 0.3) is 16.9 Å². The molecule has 0 aliphatic heterocycles. The van der Waals surface area contributed by atoms with Gasteiger partial charge in [-0.3, -0.25) is 4.79 Å². The van der Waals surface area contributed by atoms with E-state index in [0.717, 1.165) is 32.6 Å². The Morgan fingerprint density at radius 2 is 1.66 bits per heavy atom. The number of carbonyl (C=O) groups is 1. The highest BCUT2D eigenvalue weighted by atomic mass is 16.2. The summed E-state index contributed by atoms with van der Waals surface area (Å²) in [6.45, 7) is 5.72. The molecule has 0 unspecified atom stereocenters. The summed E-state index contributed by atoms with van der Waals surface area (Å²) in [5.74, 6) is -0.311. The third kappa shape index (κ3) is 3.67. The van der Waals surface area contributed by atoms with E-state index < -0.39 is 5.69 Å². The van der Waals surface area contributed by atoms with E-state index in [1.165, 1.54) is 4.52 Å². The lowest BCUT2D eigenvalue weighted by molar-refractivity contribution is -0.117. The first-order valence-corrected chi connectivity index (χ1v) is 9.32. The van der Waals surface area contributed by atoms with Gasteiger partial charge in [-0.15, -0.1) is 5.10 Å². The van der Waals surface area contributed by atoms with Crippen LogP contribution in [0.1, 0.15) is 16.7 Å². The molecule has 1 N–H and O–H groups in total. The molecule has 2 aromatic carbocycles. The number of hydrogen-bond donors (Lipinski definition) is 1. The summed E-state index contributed by atoms with van der Waals surface area (Å²) in [7, 11) is 0. The van der Waals surface area contributed by atoms with Crippen LogP contribution < -0.4 is 11.0 Å². The lowest BCUT2D eigenvalue weighted by atomic mass is 10.1. The van der Waals surface area contributed by atoms with Crippen LogP contribution in [0.2, 0.25) is 0 Å². The normalized spacial score (nSPS) is 11.0. The third-order valence-corrected chi connectivity index (χ3v) is 4.74. The zero-order valence-corrected chi connectivity index (χ0v) is 16.5. The van der Waals surface area contributed by atoms with Crippen molar-refractivity contribution >= 4 is 17.2 Å². The van der Waals surface area contributed by atoms with Crippen molar-refractivity contribution in [2.75, 3.05) is 5.32 Å². The lowest BCUT2D eigenvalue weighted by Crippen LogP contribution is -2.29. The number of rotatable bonds is 4.